The summed E-state index contributed by atoms with van der Waals surface area (Å²) in [4.78, 5) is 15.0. The molecule has 0 amide bonds. The van der Waals surface area contributed by atoms with Crippen LogP contribution in [0.3, 0.4) is 0 Å². The maximum absolute atomic E-state index is 12.6. The predicted octanol–water partition coefficient (Wildman–Crippen LogP) is 3.15. The van der Waals surface area contributed by atoms with Gasteiger partial charge in [0.05, 0.1) is 22.0 Å². The lowest BCUT2D eigenvalue weighted by Crippen LogP contribution is -2.48. The lowest BCUT2D eigenvalue weighted by Gasteiger charge is -2.32. The predicted molar refractivity (Wildman–Crippen MR) is 112 cm³/mol. The Morgan fingerprint density at radius 2 is 1.91 bits per heavy atom. The van der Waals surface area contributed by atoms with Crippen molar-refractivity contribution in [3.8, 4) is 6.07 Å². The Hall–Kier alpha value is -2.82. The molecule has 13 heteroatoms. The summed E-state index contributed by atoms with van der Waals surface area (Å²) < 4.78 is 63.0. The van der Waals surface area contributed by atoms with Gasteiger partial charge in [0.25, 0.3) is 0 Å². The van der Waals surface area contributed by atoms with Gasteiger partial charge in [0.1, 0.15) is 10.9 Å². The number of halogens is 3. The van der Waals surface area contributed by atoms with E-state index in [4.69, 9.17) is 0 Å². The lowest BCUT2D eigenvalue weighted by molar-refractivity contribution is -0.0451. The number of fused-ring (bicyclic) bond motifs is 1. The fraction of sp³-hybridized carbons (Fsp3) is 0.368. The van der Waals surface area contributed by atoms with Gasteiger partial charge in [-0.2, -0.15) is 18.4 Å². The molecule has 3 aromatic rings. The van der Waals surface area contributed by atoms with Crippen LogP contribution >= 0.6 is 11.3 Å². The average Bonchev–Trinajstić information content (AvgIpc) is 3.18. The number of piperidine rings is 1. The topological polar surface area (TPSA) is 112 Å². The molecule has 0 aliphatic carbocycles. The first-order valence-corrected chi connectivity index (χ1v) is 11.9. The third kappa shape index (κ3) is 4.52. The number of benzene rings is 1. The van der Waals surface area contributed by atoms with Gasteiger partial charge in [-0.05, 0) is 31.0 Å². The summed E-state index contributed by atoms with van der Waals surface area (Å²) >= 11 is 1.41. The number of rotatable bonds is 5. The summed E-state index contributed by atoms with van der Waals surface area (Å²) in [6.07, 6.45) is 1.86. The summed E-state index contributed by atoms with van der Waals surface area (Å²) in [7, 11) is -5.38. The van der Waals surface area contributed by atoms with E-state index in [1.165, 1.54) is 17.5 Å². The van der Waals surface area contributed by atoms with Gasteiger partial charge in [-0.25, -0.2) is 28.1 Å². The molecule has 1 fully saturated rings. The van der Waals surface area contributed by atoms with Crippen LogP contribution in [0, 0.1) is 11.3 Å². The van der Waals surface area contributed by atoms with Crippen LogP contribution in [0.1, 0.15) is 29.5 Å². The summed E-state index contributed by atoms with van der Waals surface area (Å²) in [5.41, 5.74) is -4.07. The minimum Gasteiger partial charge on any atom is -0.341 e. The normalized spacial score (nSPS) is 16.8. The van der Waals surface area contributed by atoms with Gasteiger partial charge in [0, 0.05) is 25.3 Å². The van der Waals surface area contributed by atoms with Crippen LogP contribution in [0.4, 0.5) is 19.1 Å². The number of para-hydroxylation sites is 1. The zero-order valence-electron chi connectivity index (χ0n) is 16.5. The molecular weight excluding hydrogens is 465 g/mol. The van der Waals surface area contributed by atoms with Crippen molar-refractivity contribution in [1.82, 2.24) is 19.7 Å². The number of sulfonamides is 1. The smallest absolute Gasteiger partial charge is 0.341 e. The Bertz CT molecular complexity index is 1230. The molecule has 1 aliphatic rings. The highest BCUT2D eigenvalue weighted by Crippen LogP contribution is 2.31. The summed E-state index contributed by atoms with van der Waals surface area (Å²) in [5.74, 6) is -0.355. The first-order valence-electron chi connectivity index (χ1n) is 9.59. The minimum absolute atomic E-state index is 0.169. The number of hydrogen-bond acceptors (Lipinski definition) is 8. The molecule has 3 heterocycles. The van der Waals surface area contributed by atoms with Gasteiger partial charge >= 0.3 is 15.5 Å². The first-order chi connectivity index (χ1) is 15.2. The van der Waals surface area contributed by atoms with E-state index in [1.807, 2.05) is 24.3 Å². The lowest BCUT2D eigenvalue weighted by atomic mass is 10.1. The van der Waals surface area contributed by atoms with Crippen molar-refractivity contribution in [2.75, 3.05) is 18.0 Å². The highest BCUT2D eigenvalue weighted by Gasteiger charge is 2.47. The van der Waals surface area contributed by atoms with E-state index in [-0.39, 0.29) is 25.9 Å². The maximum atomic E-state index is 12.6. The van der Waals surface area contributed by atoms with Gasteiger partial charge in [-0.1, -0.05) is 12.1 Å². The Morgan fingerprint density at radius 1 is 1.19 bits per heavy atom. The third-order valence-corrected chi connectivity index (χ3v) is 7.41. The van der Waals surface area contributed by atoms with E-state index in [1.54, 1.807) is 15.7 Å². The largest absolute Gasteiger partial charge is 0.511 e. The fourth-order valence-electron chi connectivity index (χ4n) is 3.42. The molecule has 2 aromatic heterocycles. The van der Waals surface area contributed by atoms with Crippen LogP contribution in [0.2, 0.25) is 0 Å². The van der Waals surface area contributed by atoms with E-state index in [9.17, 15) is 26.9 Å². The third-order valence-electron chi connectivity index (χ3n) is 5.05. The van der Waals surface area contributed by atoms with Crippen molar-refractivity contribution in [2.24, 2.45) is 0 Å². The number of anilines is 1. The molecule has 1 unspecified atom stereocenters. The second-order valence-corrected chi connectivity index (χ2v) is 9.96. The maximum Gasteiger partial charge on any atom is 0.511 e. The molecule has 1 atom stereocenters. The molecule has 4 rings (SSSR count). The van der Waals surface area contributed by atoms with Crippen molar-refractivity contribution in [3.05, 3.63) is 47.2 Å². The zero-order valence-corrected chi connectivity index (χ0v) is 18.1. The van der Waals surface area contributed by atoms with Gasteiger partial charge < -0.3 is 4.90 Å². The molecule has 168 valence electrons. The van der Waals surface area contributed by atoms with Crippen LogP contribution in [-0.4, -0.2) is 48.0 Å². The molecule has 0 saturated carbocycles. The summed E-state index contributed by atoms with van der Waals surface area (Å²) in [6.45, 7) is 0.541. The minimum atomic E-state index is -5.38. The number of alkyl halides is 3. The molecule has 32 heavy (non-hydrogen) atoms. The van der Waals surface area contributed by atoms with Gasteiger partial charge in [0.2, 0.25) is 5.95 Å². The second kappa shape index (κ2) is 8.61. The van der Waals surface area contributed by atoms with Crippen LogP contribution in [-0.2, 0) is 10.0 Å². The molecule has 8 nitrogen and oxygen atoms in total. The van der Waals surface area contributed by atoms with E-state index in [0.29, 0.717) is 16.6 Å². The molecule has 0 spiro atoms. The van der Waals surface area contributed by atoms with Crippen LogP contribution < -0.4 is 9.62 Å². The average molecular weight is 483 g/mol. The molecule has 0 bridgehead atoms. The van der Waals surface area contributed by atoms with Crippen molar-refractivity contribution in [1.29, 1.82) is 5.26 Å². The Morgan fingerprint density at radius 3 is 2.56 bits per heavy atom. The number of nitrogens with one attached hydrogen (secondary N) is 1. The number of aromatic nitrogens is 3. The number of thiazole rings is 1. The van der Waals surface area contributed by atoms with Gasteiger partial charge in [-0.15, -0.1) is 11.3 Å². The van der Waals surface area contributed by atoms with Crippen LogP contribution in [0.5, 0.6) is 0 Å². The Labute approximate surface area is 185 Å². The highest BCUT2D eigenvalue weighted by molar-refractivity contribution is 7.90. The van der Waals surface area contributed by atoms with Crippen LogP contribution in [0.15, 0.2) is 36.5 Å². The molecular formula is C19H17F3N6O2S2. The molecule has 1 N–H and O–H groups in total. The van der Waals surface area contributed by atoms with Crippen molar-refractivity contribution in [3.63, 3.8) is 0 Å². The number of nitriles is 1. The van der Waals surface area contributed by atoms with E-state index in [2.05, 4.69) is 21.0 Å². The van der Waals surface area contributed by atoms with E-state index < -0.39 is 27.5 Å². The number of hydrogen-bond donors (Lipinski definition) is 1. The zero-order chi connectivity index (χ0) is 22.9. The second-order valence-electron chi connectivity index (χ2n) is 7.19. The number of nitrogens with zero attached hydrogens (tertiary/aromatic N) is 5. The molecule has 1 aromatic carbocycles. The molecule has 1 saturated heterocycles. The fourth-order valence-corrected chi connectivity index (χ4v) is 5.25. The Kier molecular flexibility index (Phi) is 6.02. The summed E-state index contributed by atoms with van der Waals surface area (Å²) in [5, 5.41) is 10.4. The quantitative estimate of drug-likeness (QED) is 0.595. The first kappa shape index (κ1) is 22.4. The summed E-state index contributed by atoms with van der Waals surface area (Å²) in [6, 6.07) is 10.6. The van der Waals surface area contributed by atoms with Gasteiger partial charge in [-0.3, -0.25) is 0 Å². The van der Waals surface area contributed by atoms with E-state index >= 15 is 0 Å². The van der Waals surface area contributed by atoms with Gasteiger partial charge in [0.15, 0.2) is 0 Å². The van der Waals surface area contributed by atoms with E-state index in [0.717, 1.165) is 10.2 Å². The Balaban J connectivity index is 1.48. The molecule has 1 aliphatic heterocycles. The highest BCUT2D eigenvalue weighted by atomic mass is 32.2. The van der Waals surface area contributed by atoms with Crippen molar-refractivity contribution in [2.45, 2.75) is 30.3 Å². The molecule has 0 radical (unpaired) electrons. The van der Waals surface area contributed by atoms with Crippen molar-refractivity contribution >= 4 is 37.5 Å². The standard InChI is InChI=1S/C19H17F3N6O2S2/c20-19(21,22)32(29,30)27-12-6-9-28(10-7-12)18-24-8-5-14(26-18)13(11-23)17-25-15-3-1-2-4-16(15)31-17/h1-5,8,12-13,27H,6-7,9-10H2. The van der Waals surface area contributed by atoms with Crippen LogP contribution in [0.25, 0.3) is 10.2 Å². The van der Waals surface area contributed by atoms with Crippen molar-refractivity contribution < 1.29 is 21.6 Å². The SMILES string of the molecule is N#CC(c1ccnc(N2CCC(NS(=O)(=O)C(F)(F)F)CC2)n1)c1nc2ccccc2s1. The monoisotopic (exact) mass is 482 g/mol.